The Labute approximate surface area is 802 Å². The Morgan fingerprint density at radius 2 is 0.426 bits per heavy atom. The van der Waals surface area contributed by atoms with E-state index < -0.39 is 0 Å². The first-order valence-electron chi connectivity index (χ1n) is 46.7. The van der Waals surface area contributed by atoms with Gasteiger partial charge >= 0.3 is 0 Å². The van der Waals surface area contributed by atoms with E-state index in [9.17, 15) is 0 Å². The zero-order valence-corrected chi connectivity index (χ0v) is 79.3. The van der Waals surface area contributed by atoms with E-state index in [-0.39, 0.29) is 10.8 Å². The Bertz CT molecular complexity index is 9010. The molecule has 0 unspecified atom stereocenters. The van der Waals surface area contributed by atoms with E-state index in [4.69, 9.17) is 4.98 Å². The highest BCUT2D eigenvalue weighted by Crippen LogP contribution is 2.46. The van der Waals surface area contributed by atoms with E-state index in [2.05, 4.69) is 467 Å². The smallest absolute Gasteiger partial charge is 0.0888 e. The second-order valence-electron chi connectivity index (χ2n) is 38.1. The quantitative estimate of drug-likeness (QED) is 0.130. The van der Waals surface area contributed by atoms with Crippen molar-refractivity contribution in [2.24, 2.45) is 0 Å². The number of hydrogen-bond acceptors (Lipinski definition) is 6. The molecule has 0 radical (unpaired) electrons. The van der Waals surface area contributed by atoms with Crippen LogP contribution < -0.4 is 0 Å². The topological polar surface area (TPSA) is 53.5 Å². The Morgan fingerprint density at radius 3 is 0.743 bits per heavy atom. The zero-order valence-electron chi connectivity index (χ0n) is 76.8. The number of rotatable bonds is 11. The number of hydrogen-bond donors (Lipinski definition) is 0. The second kappa shape index (κ2) is 33.8. The Morgan fingerprint density at radius 1 is 0.184 bits per heavy atom. The van der Waals surface area contributed by atoms with Crippen LogP contribution in [0.2, 0.25) is 0 Å². The molecule has 0 amide bonds. The maximum Gasteiger partial charge on any atom is 0.0888 e. The third kappa shape index (κ3) is 15.3. The summed E-state index contributed by atoms with van der Waals surface area (Å²) in [5.74, 6) is 0. The average Bonchev–Trinajstić information content (AvgIpc) is 1.58. The Kier molecular flexibility index (Phi) is 20.7. The van der Waals surface area contributed by atoms with Crippen molar-refractivity contribution in [1.82, 2.24) is 28.7 Å². The number of aryl methyl sites for hydroxylation is 2. The van der Waals surface area contributed by atoms with E-state index in [1.54, 1.807) is 34.0 Å². The highest BCUT2D eigenvalue weighted by molar-refractivity contribution is 7.26. The van der Waals surface area contributed by atoms with Crippen LogP contribution in [0.5, 0.6) is 0 Å². The summed E-state index contributed by atoms with van der Waals surface area (Å²) in [6, 6.07) is 149. The van der Waals surface area contributed by atoms with Crippen LogP contribution in [-0.4, -0.2) is 28.7 Å². The Balaban J connectivity index is 0.000000112. The molecule has 136 heavy (non-hydrogen) atoms. The van der Waals surface area contributed by atoms with Crippen molar-refractivity contribution in [2.75, 3.05) is 0 Å². The second-order valence-corrected chi connectivity index (χ2v) is 41.3. The van der Waals surface area contributed by atoms with Crippen molar-refractivity contribution < 1.29 is 0 Å². The minimum Gasteiger partial charge on any atom is -0.309 e. The molecule has 17 aromatic carbocycles. The normalized spacial score (nSPS) is 12.0. The van der Waals surface area contributed by atoms with Crippen molar-refractivity contribution in [3.05, 3.63) is 447 Å². The van der Waals surface area contributed by atoms with Crippen molar-refractivity contribution >= 4 is 160 Å². The number of benzene rings is 17. The summed E-state index contributed by atoms with van der Waals surface area (Å²) in [5, 5.41) is 11.4. The highest BCUT2D eigenvalue weighted by Gasteiger charge is 2.25. The van der Waals surface area contributed by atoms with Gasteiger partial charge in [0.25, 0.3) is 0 Å². The van der Waals surface area contributed by atoms with Crippen LogP contribution in [0.1, 0.15) is 63.8 Å². The van der Waals surface area contributed by atoms with E-state index in [1.807, 2.05) is 36.8 Å². The molecule has 0 bridgehead atoms. The lowest BCUT2D eigenvalue weighted by Crippen LogP contribution is -2.10. The molecule has 0 saturated heterocycles. The van der Waals surface area contributed by atoms with Gasteiger partial charge < -0.3 is 13.7 Å². The van der Waals surface area contributed by atoms with Gasteiger partial charge in [-0.25, -0.2) is 0 Å². The van der Waals surface area contributed by atoms with Crippen LogP contribution >= 0.6 is 34.0 Å². The monoisotopic (exact) mass is 1800 g/mol. The average molecular weight is 1800 g/mol. The first-order valence-corrected chi connectivity index (χ1v) is 49.1. The van der Waals surface area contributed by atoms with E-state index >= 15 is 0 Å². The standard InChI is InChI=1S/C47H30N2S.C43H38N2S.C37H26N2S/c1-3-10-31(11-4-1)36-19-22-43-40(28-36)41-29-37(32-12-5-2-6-13-32)20-23-44(41)49(43)39-17-8-16-35(27-39)33-14-7-15-34(26-33)38-21-24-45-42(30-38)47-46(50-45)18-9-25-48-47;1-42(2,3)31-16-18-37-34(25-31)35-26-32(43(4,5)6)17-19-38(35)45(37)33-13-8-12-29(23-33)27-10-7-11-28(22-27)30-15-20-39-36(24-30)41-40(46-39)14-9-21-44-41;1-23-11-14-33-30(18-23)31-19-24(2)12-15-34(31)39(33)29-9-4-8-27(21-29)25-6-3-7-26(20-25)28-13-16-35-32(22-28)37-36(40-35)10-5-17-38-37/h1-30H;7-26H,1-6H3;3-22H,1-2H3. The van der Waals surface area contributed by atoms with Crippen molar-refractivity contribution in [2.45, 2.75) is 66.2 Å². The lowest BCUT2D eigenvalue weighted by molar-refractivity contribution is 0.590. The number of fused-ring (bicyclic) bond motifs is 18. The van der Waals surface area contributed by atoms with E-state index in [0.717, 1.165) is 22.2 Å². The highest BCUT2D eigenvalue weighted by atomic mass is 32.1. The lowest BCUT2D eigenvalue weighted by Gasteiger charge is -2.19. The molecule has 650 valence electrons. The van der Waals surface area contributed by atoms with Crippen LogP contribution in [0.25, 0.3) is 232 Å². The van der Waals surface area contributed by atoms with Gasteiger partial charge in [-0.05, 0) is 325 Å². The van der Waals surface area contributed by atoms with Gasteiger partial charge in [-0.15, -0.1) is 34.0 Å². The van der Waals surface area contributed by atoms with E-state index in [0.29, 0.717) is 0 Å². The zero-order chi connectivity index (χ0) is 91.6. The summed E-state index contributed by atoms with van der Waals surface area (Å²) in [4.78, 5) is 14.0. The molecule has 0 spiro atoms. The molecule has 0 aliphatic carbocycles. The van der Waals surface area contributed by atoms with Crippen LogP contribution in [-0.2, 0) is 10.8 Å². The fraction of sp³-hybridized carbons (Fsp3) is 0.0787. The molecule has 0 N–H and O–H groups in total. The molecule has 6 nitrogen and oxygen atoms in total. The molecular formula is C127H94N6S3. The van der Waals surface area contributed by atoms with Crippen LogP contribution in [0.4, 0.5) is 0 Å². The molecule has 26 aromatic rings. The predicted molar refractivity (Wildman–Crippen MR) is 585 cm³/mol. The molecule has 0 saturated carbocycles. The molecule has 26 rings (SSSR count). The molecular weight excluding hydrogens is 1710 g/mol. The first-order chi connectivity index (χ1) is 66.4. The summed E-state index contributed by atoms with van der Waals surface area (Å²) in [6.07, 6.45) is 5.66. The fourth-order valence-corrected chi connectivity index (χ4v) is 23.3. The van der Waals surface area contributed by atoms with E-state index in [1.165, 1.54) is 232 Å². The number of aromatic nitrogens is 6. The molecule has 9 heteroatoms. The minimum atomic E-state index is 0.0761. The SMILES string of the molecule is CC(C)(C)c1ccc2c(c1)c1cc(C(C)(C)C)ccc1n2-c1cccc(-c2cccc(-c3ccc4sc5cccnc5c4c3)c2)c1.Cc1ccc2c(c1)c1cc(C)ccc1n2-c1cccc(-c2cccc(-c3ccc4sc5cccnc5c4c3)c2)c1.c1ccc(-c2ccc3c(c2)c2cc(-c4ccccc4)ccc2n3-c2cccc(-c3cccc(-c4ccc5sc6cccnc6c5c4)c3)c2)cc1. The fourth-order valence-electron chi connectivity index (χ4n) is 20.1. The van der Waals surface area contributed by atoms with Gasteiger partial charge in [-0.2, -0.15) is 0 Å². The first kappa shape index (κ1) is 83.3. The number of pyridine rings is 3. The molecule has 0 aliphatic heterocycles. The largest absolute Gasteiger partial charge is 0.309 e. The third-order valence-electron chi connectivity index (χ3n) is 27.1. The lowest BCUT2D eigenvalue weighted by atomic mass is 9.85. The summed E-state index contributed by atoms with van der Waals surface area (Å²) in [6.45, 7) is 18.1. The van der Waals surface area contributed by atoms with Crippen LogP contribution in [0, 0.1) is 13.8 Å². The molecule has 9 aromatic heterocycles. The van der Waals surface area contributed by atoms with Gasteiger partial charge in [0.05, 0.1) is 63.8 Å². The van der Waals surface area contributed by atoms with Gasteiger partial charge in [-0.1, -0.05) is 259 Å². The van der Waals surface area contributed by atoms with Gasteiger partial charge in [0.2, 0.25) is 0 Å². The van der Waals surface area contributed by atoms with Crippen molar-refractivity contribution in [3.63, 3.8) is 0 Å². The Hall–Kier alpha value is -15.8. The molecule has 0 atom stereocenters. The molecule has 0 fully saturated rings. The summed E-state index contributed by atoms with van der Waals surface area (Å²) in [7, 11) is 0. The summed E-state index contributed by atoms with van der Waals surface area (Å²) in [5.41, 5.74) is 38.8. The molecule has 0 aliphatic rings. The number of nitrogens with zero attached hydrogens (tertiary/aromatic N) is 6. The van der Waals surface area contributed by atoms with Gasteiger partial charge in [0.15, 0.2) is 0 Å². The van der Waals surface area contributed by atoms with Gasteiger partial charge in [-0.3, -0.25) is 15.0 Å². The van der Waals surface area contributed by atoms with Gasteiger partial charge in [0, 0.05) is 98.2 Å². The summed E-state index contributed by atoms with van der Waals surface area (Å²) < 4.78 is 14.8. The van der Waals surface area contributed by atoms with Crippen molar-refractivity contribution in [3.8, 4) is 106 Å². The molecule has 9 heterocycles. The maximum absolute atomic E-state index is 4.69. The maximum atomic E-state index is 4.69. The third-order valence-corrected chi connectivity index (χ3v) is 30.5. The minimum absolute atomic E-state index is 0.0761. The van der Waals surface area contributed by atoms with Crippen LogP contribution in [0.15, 0.2) is 425 Å². The summed E-state index contributed by atoms with van der Waals surface area (Å²) >= 11 is 5.41. The predicted octanol–water partition coefficient (Wildman–Crippen LogP) is 36.2. The van der Waals surface area contributed by atoms with Gasteiger partial charge in [0.1, 0.15) is 0 Å². The number of thiophene rings is 3. The van der Waals surface area contributed by atoms with Crippen LogP contribution in [0.3, 0.4) is 0 Å². The van der Waals surface area contributed by atoms with Crippen molar-refractivity contribution in [1.29, 1.82) is 0 Å².